The number of aromatic nitrogens is 2. The van der Waals surface area contributed by atoms with Crippen LogP contribution in [0.15, 0.2) is 22.7 Å². The number of carbonyl (C=O) groups excluding carboxylic acids is 1. The van der Waals surface area contributed by atoms with Gasteiger partial charge in [0.25, 0.3) is 5.91 Å². The molecule has 1 aromatic carbocycles. The van der Waals surface area contributed by atoms with Crippen molar-refractivity contribution in [2.24, 2.45) is 5.73 Å². The minimum Gasteiger partial charge on any atom is -0.336 e. The highest BCUT2D eigenvalue weighted by Gasteiger charge is 2.21. The summed E-state index contributed by atoms with van der Waals surface area (Å²) in [6, 6.07) is 5.65. The van der Waals surface area contributed by atoms with E-state index in [1.54, 1.807) is 11.9 Å². The first-order chi connectivity index (χ1) is 8.54. The van der Waals surface area contributed by atoms with E-state index >= 15 is 0 Å². The molecule has 0 bridgehead atoms. The third-order valence-electron chi connectivity index (χ3n) is 3.05. The second-order valence-electron chi connectivity index (χ2n) is 4.26. The molecule has 0 aliphatic carbocycles. The van der Waals surface area contributed by atoms with Crippen molar-refractivity contribution in [3.63, 3.8) is 0 Å². The number of nitrogens with zero attached hydrogens (tertiary/aromatic N) is 2. The quantitative estimate of drug-likeness (QED) is 0.893. The lowest BCUT2D eigenvalue weighted by molar-refractivity contribution is 0.0744. The van der Waals surface area contributed by atoms with Crippen LogP contribution < -0.4 is 5.73 Å². The van der Waals surface area contributed by atoms with Gasteiger partial charge in [-0.2, -0.15) is 5.10 Å². The molecule has 2 rings (SSSR count). The molecular formula is C12H16BrClN4O. The lowest BCUT2D eigenvalue weighted by Gasteiger charge is -2.22. The summed E-state index contributed by atoms with van der Waals surface area (Å²) in [4.78, 5) is 13.9. The highest BCUT2D eigenvalue weighted by Crippen LogP contribution is 2.22. The van der Waals surface area contributed by atoms with Gasteiger partial charge in [-0.25, -0.2) is 0 Å². The number of H-pyrrole nitrogens is 1. The summed E-state index contributed by atoms with van der Waals surface area (Å²) in [6.07, 6.45) is 0. The number of nitrogens with two attached hydrogens (primary N) is 1. The molecule has 5 nitrogen and oxygen atoms in total. The molecular weight excluding hydrogens is 332 g/mol. The lowest BCUT2D eigenvalue weighted by Crippen LogP contribution is -2.39. The maximum atomic E-state index is 12.3. The first-order valence-corrected chi connectivity index (χ1v) is 6.44. The molecule has 0 radical (unpaired) electrons. The monoisotopic (exact) mass is 346 g/mol. The molecule has 0 spiro atoms. The number of nitrogens with one attached hydrogen (secondary N) is 1. The maximum absolute atomic E-state index is 12.3. The average molecular weight is 348 g/mol. The van der Waals surface area contributed by atoms with Gasteiger partial charge >= 0.3 is 0 Å². The van der Waals surface area contributed by atoms with Crippen LogP contribution in [-0.2, 0) is 0 Å². The van der Waals surface area contributed by atoms with E-state index in [0.29, 0.717) is 12.2 Å². The number of fused-ring (bicyclic) bond motifs is 1. The number of likely N-dealkylation sites (N-methyl/N-ethyl adjacent to an activating group) is 1. The van der Waals surface area contributed by atoms with Gasteiger partial charge in [-0.1, -0.05) is 15.9 Å². The molecule has 1 atom stereocenters. The number of carbonyl (C=O) groups is 1. The molecule has 19 heavy (non-hydrogen) atoms. The van der Waals surface area contributed by atoms with E-state index in [4.69, 9.17) is 5.73 Å². The third-order valence-corrected chi connectivity index (χ3v) is 3.54. The van der Waals surface area contributed by atoms with Crippen molar-refractivity contribution < 1.29 is 4.79 Å². The van der Waals surface area contributed by atoms with Crippen molar-refractivity contribution in [2.45, 2.75) is 13.0 Å². The standard InChI is InChI=1S/C12H15BrN4O.ClH/c1-7(6-14)17(2)12(18)11-9-5-8(13)3-4-10(9)15-16-11;/h3-5,7H,6,14H2,1-2H3,(H,15,16);1H. The molecule has 7 heteroatoms. The Bertz CT molecular complexity index is 586. The molecule has 1 unspecified atom stereocenters. The summed E-state index contributed by atoms with van der Waals surface area (Å²) in [6.45, 7) is 2.33. The largest absolute Gasteiger partial charge is 0.336 e. The minimum absolute atomic E-state index is 0. The Morgan fingerprint density at radius 3 is 2.89 bits per heavy atom. The Morgan fingerprint density at radius 2 is 2.26 bits per heavy atom. The van der Waals surface area contributed by atoms with Crippen molar-refractivity contribution in [3.05, 3.63) is 28.4 Å². The maximum Gasteiger partial charge on any atom is 0.275 e. The van der Waals surface area contributed by atoms with E-state index < -0.39 is 0 Å². The molecule has 3 N–H and O–H groups in total. The smallest absolute Gasteiger partial charge is 0.275 e. The van der Waals surface area contributed by atoms with E-state index in [1.165, 1.54) is 0 Å². The lowest BCUT2D eigenvalue weighted by atomic mass is 10.2. The number of hydrogen-bond donors (Lipinski definition) is 2. The van der Waals surface area contributed by atoms with Gasteiger partial charge in [0, 0.05) is 29.5 Å². The Hall–Kier alpha value is -1.11. The van der Waals surface area contributed by atoms with Crippen LogP contribution in [0.25, 0.3) is 10.9 Å². The summed E-state index contributed by atoms with van der Waals surface area (Å²) in [7, 11) is 1.73. The van der Waals surface area contributed by atoms with Crippen LogP contribution >= 0.6 is 28.3 Å². The fourth-order valence-corrected chi connectivity index (χ4v) is 2.04. The van der Waals surface area contributed by atoms with Gasteiger partial charge < -0.3 is 10.6 Å². The van der Waals surface area contributed by atoms with Gasteiger partial charge in [-0.3, -0.25) is 9.89 Å². The van der Waals surface area contributed by atoms with Crippen molar-refractivity contribution in [1.82, 2.24) is 15.1 Å². The SMILES string of the molecule is CC(CN)N(C)C(=O)c1n[nH]c2ccc(Br)cc12.Cl. The summed E-state index contributed by atoms with van der Waals surface area (Å²) in [5.41, 5.74) is 6.84. The Kier molecular flexibility index (Phi) is 5.34. The number of halogens is 2. The molecule has 0 aliphatic rings. The highest BCUT2D eigenvalue weighted by atomic mass is 79.9. The number of amides is 1. The third kappa shape index (κ3) is 3.08. The van der Waals surface area contributed by atoms with Crippen molar-refractivity contribution in [1.29, 1.82) is 0 Å². The predicted octanol–water partition coefficient (Wildman–Crippen LogP) is 2.17. The van der Waals surface area contributed by atoms with Crippen LogP contribution in [0.5, 0.6) is 0 Å². The van der Waals surface area contributed by atoms with E-state index in [0.717, 1.165) is 15.4 Å². The molecule has 2 aromatic rings. The first-order valence-electron chi connectivity index (χ1n) is 5.65. The second-order valence-corrected chi connectivity index (χ2v) is 5.18. The fraction of sp³-hybridized carbons (Fsp3) is 0.333. The van der Waals surface area contributed by atoms with Crippen LogP contribution in [0.4, 0.5) is 0 Å². The highest BCUT2D eigenvalue weighted by molar-refractivity contribution is 9.10. The summed E-state index contributed by atoms with van der Waals surface area (Å²) >= 11 is 3.39. The van der Waals surface area contributed by atoms with Crippen molar-refractivity contribution in [2.75, 3.05) is 13.6 Å². The van der Waals surface area contributed by atoms with Gasteiger partial charge in [0.05, 0.1) is 5.52 Å². The van der Waals surface area contributed by atoms with E-state index in [1.807, 2.05) is 25.1 Å². The zero-order valence-corrected chi connectivity index (χ0v) is 13.1. The molecule has 1 amide bonds. The van der Waals surface area contributed by atoms with Gasteiger partial charge in [0.15, 0.2) is 5.69 Å². The first kappa shape index (κ1) is 15.9. The van der Waals surface area contributed by atoms with Crippen LogP contribution in [-0.4, -0.2) is 40.6 Å². The predicted molar refractivity (Wildman–Crippen MR) is 81.7 cm³/mol. The van der Waals surface area contributed by atoms with Gasteiger partial charge in [0.1, 0.15) is 0 Å². The van der Waals surface area contributed by atoms with Crippen LogP contribution in [0, 0.1) is 0 Å². The summed E-state index contributed by atoms with van der Waals surface area (Å²) < 4.78 is 0.917. The Balaban J connectivity index is 0.00000180. The number of aromatic amines is 1. The fourth-order valence-electron chi connectivity index (χ4n) is 1.67. The number of hydrogen-bond acceptors (Lipinski definition) is 3. The van der Waals surface area contributed by atoms with Gasteiger partial charge in [-0.05, 0) is 25.1 Å². The molecule has 0 saturated heterocycles. The molecule has 1 aromatic heterocycles. The average Bonchev–Trinajstić information content (AvgIpc) is 2.78. The van der Waals surface area contributed by atoms with E-state index in [-0.39, 0.29) is 24.4 Å². The van der Waals surface area contributed by atoms with Crippen molar-refractivity contribution >= 4 is 45.1 Å². The zero-order chi connectivity index (χ0) is 13.3. The van der Waals surface area contributed by atoms with Gasteiger partial charge in [0.2, 0.25) is 0 Å². The van der Waals surface area contributed by atoms with Gasteiger partial charge in [-0.15, -0.1) is 12.4 Å². The normalized spacial score (nSPS) is 12.0. The van der Waals surface area contributed by atoms with E-state index in [2.05, 4.69) is 26.1 Å². The zero-order valence-electron chi connectivity index (χ0n) is 10.7. The van der Waals surface area contributed by atoms with Crippen LogP contribution in [0.1, 0.15) is 17.4 Å². The molecule has 0 saturated carbocycles. The van der Waals surface area contributed by atoms with Crippen molar-refractivity contribution in [3.8, 4) is 0 Å². The molecule has 1 heterocycles. The molecule has 0 fully saturated rings. The summed E-state index contributed by atoms with van der Waals surface area (Å²) in [5.74, 6) is -0.127. The van der Waals surface area contributed by atoms with Crippen LogP contribution in [0.2, 0.25) is 0 Å². The topological polar surface area (TPSA) is 75.0 Å². The number of rotatable bonds is 3. The minimum atomic E-state index is -0.127. The van der Waals surface area contributed by atoms with Crippen LogP contribution in [0.3, 0.4) is 0 Å². The second kappa shape index (κ2) is 6.36. The number of benzene rings is 1. The molecule has 0 aliphatic heterocycles. The molecule has 104 valence electrons. The Labute approximate surface area is 126 Å². The summed E-state index contributed by atoms with van der Waals surface area (Å²) in [5, 5.41) is 7.77. The van der Waals surface area contributed by atoms with E-state index in [9.17, 15) is 4.79 Å². The Morgan fingerprint density at radius 1 is 1.58 bits per heavy atom.